The summed E-state index contributed by atoms with van der Waals surface area (Å²) in [5.41, 5.74) is 2.75. The van der Waals surface area contributed by atoms with E-state index < -0.39 is 16.4 Å². The molecule has 28 heavy (non-hydrogen) atoms. The SMILES string of the molecule is O=C(N/N=C\c1ccccc1[N+](=O)[O-])c1cccn(Cc2ccccc2)c1=O. The molecule has 0 saturated carbocycles. The number of hydrogen-bond donors (Lipinski definition) is 1. The molecule has 0 bridgehead atoms. The maximum Gasteiger partial charge on any atom is 0.278 e. The maximum atomic E-state index is 12.6. The number of pyridine rings is 1. The molecule has 0 atom stereocenters. The lowest BCUT2D eigenvalue weighted by molar-refractivity contribution is -0.385. The number of benzene rings is 2. The molecule has 1 N–H and O–H groups in total. The average Bonchev–Trinajstić information content (AvgIpc) is 2.70. The number of para-hydroxylation sites is 1. The Balaban J connectivity index is 1.76. The highest BCUT2D eigenvalue weighted by Crippen LogP contribution is 2.15. The van der Waals surface area contributed by atoms with Crippen molar-refractivity contribution < 1.29 is 9.72 Å². The first-order valence-corrected chi connectivity index (χ1v) is 8.36. The van der Waals surface area contributed by atoms with E-state index in [0.29, 0.717) is 6.54 Å². The lowest BCUT2D eigenvalue weighted by atomic mass is 10.2. The van der Waals surface area contributed by atoms with Gasteiger partial charge in [0.15, 0.2) is 0 Å². The Hall–Kier alpha value is -4.07. The molecule has 3 rings (SSSR count). The molecule has 2 aromatic carbocycles. The fourth-order valence-corrected chi connectivity index (χ4v) is 2.60. The number of nitrogens with zero attached hydrogens (tertiary/aromatic N) is 3. The molecular weight excluding hydrogens is 360 g/mol. The minimum atomic E-state index is -0.692. The Morgan fingerprint density at radius 1 is 1.07 bits per heavy atom. The van der Waals surface area contributed by atoms with E-state index in [1.54, 1.807) is 18.3 Å². The van der Waals surface area contributed by atoms with Gasteiger partial charge in [0.05, 0.1) is 23.2 Å². The van der Waals surface area contributed by atoms with Gasteiger partial charge in [-0.05, 0) is 23.8 Å². The molecule has 0 spiro atoms. The normalized spacial score (nSPS) is 10.7. The van der Waals surface area contributed by atoms with Crippen molar-refractivity contribution in [3.05, 3.63) is 110 Å². The summed E-state index contributed by atoms with van der Waals surface area (Å²) < 4.78 is 1.43. The number of nitrogens with one attached hydrogen (secondary N) is 1. The first kappa shape index (κ1) is 18.7. The van der Waals surface area contributed by atoms with Crippen molar-refractivity contribution in [2.75, 3.05) is 0 Å². The molecule has 140 valence electrons. The van der Waals surface area contributed by atoms with Crippen molar-refractivity contribution in [1.82, 2.24) is 9.99 Å². The third-order valence-corrected chi connectivity index (χ3v) is 3.96. The number of hydrogen-bond acceptors (Lipinski definition) is 5. The smallest absolute Gasteiger partial charge is 0.278 e. The molecule has 0 saturated heterocycles. The predicted octanol–water partition coefficient (Wildman–Crippen LogP) is 2.57. The zero-order valence-corrected chi connectivity index (χ0v) is 14.7. The Morgan fingerprint density at radius 3 is 2.54 bits per heavy atom. The van der Waals surface area contributed by atoms with E-state index in [-0.39, 0.29) is 16.8 Å². The molecule has 8 nitrogen and oxygen atoms in total. The summed E-state index contributed by atoms with van der Waals surface area (Å²) in [4.78, 5) is 35.3. The van der Waals surface area contributed by atoms with E-state index in [1.807, 2.05) is 30.3 Å². The number of aromatic nitrogens is 1. The monoisotopic (exact) mass is 376 g/mol. The number of carbonyl (C=O) groups is 1. The molecule has 3 aromatic rings. The van der Waals surface area contributed by atoms with Crippen LogP contribution in [0.3, 0.4) is 0 Å². The van der Waals surface area contributed by atoms with E-state index in [2.05, 4.69) is 10.5 Å². The maximum absolute atomic E-state index is 12.6. The standard InChI is InChI=1S/C20H16N4O4/c25-19(22-21-13-16-9-4-5-11-18(16)24(27)28)17-10-6-12-23(20(17)26)14-15-7-2-1-3-8-15/h1-13H,14H2,(H,22,25)/b21-13-. The Kier molecular flexibility index (Phi) is 5.71. The third kappa shape index (κ3) is 4.36. The zero-order valence-electron chi connectivity index (χ0n) is 14.7. The summed E-state index contributed by atoms with van der Waals surface area (Å²) in [6.07, 6.45) is 2.77. The predicted molar refractivity (Wildman–Crippen MR) is 104 cm³/mol. The van der Waals surface area contributed by atoms with E-state index in [0.717, 1.165) is 5.56 Å². The summed E-state index contributed by atoms with van der Waals surface area (Å²) in [6.45, 7) is 0.334. The van der Waals surface area contributed by atoms with Gasteiger partial charge in [0.2, 0.25) is 0 Å². The minimum absolute atomic E-state index is 0.0712. The number of amides is 1. The first-order valence-electron chi connectivity index (χ1n) is 8.36. The van der Waals surface area contributed by atoms with Crippen LogP contribution in [0.4, 0.5) is 5.69 Å². The van der Waals surface area contributed by atoms with Crippen molar-refractivity contribution in [3.8, 4) is 0 Å². The fourth-order valence-electron chi connectivity index (χ4n) is 2.60. The van der Waals surface area contributed by atoms with Gasteiger partial charge in [-0.25, -0.2) is 5.43 Å². The van der Waals surface area contributed by atoms with Crippen LogP contribution in [-0.2, 0) is 6.54 Å². The van der Waals surface area contributed by atoms with Gasteiger partial charge in [-0.3, -0.25) is 19.7 Å². The fraction of sp³-hybridized carbons (Fsp3) is 0.0500. The molecule has 1 aromatic heterocycles. The van der Waals surface area contributed by atoms with Crippen LogP contribution < -0.4 is 11.0 Å². The molecule has 0 unspecified atom stereocenters. The number of nitro benzene ring substituents is 1. The molecule has 1 amide bonds. The van der Waals surface area contributed by atoms with Crippen LogP contribution in [0.5, 0.6) is 0 Å². The molecular formula is C20H16N4O4. The Morgan fingerprint density at radius 2 is 1.79 bits per heavy atom. The van der Waals surface area contributed by atoms with Gasteiger partial charge in [0.1, 0.15) is 5.56 Å². The van der Waals surface area contributed by atoms with Crippen molar-refractivity contribution in [3.63, 3.8) is 0 Å². The average molecular weight is 376 g/mol. The van der Waals surface area contributed by atoms with Gasteiger partial charge in [-0.15, -0.1) is 0 Å². The third-order valence-electron chi connectivity index (χ3n) is 3.96. The Labute approximate surface area is 159 Å². The quantitative estimate of drug-likeness (QED) is 0.405. The molecule has 0 aliphatic carbocycles. The zero-order chi connectivity index (χ0) is 19.9. The van der Waals surface area contributed by atoms with Crippen molar-refractivity contribution >= 4 is 17.8 Å². The van der Waals surface area contributed by atoms with E-state index in [4.69, 9.17) is 0 Å². The van der Waals surface area contributed by atoms with E-state index in [9.17, 15) is 19.7 Å². The Bertz CT molecular complexity index is 1090. The molecule has 0 aliphatic rings. The lowest BCUT2D eigenvalue weighted by Crippen LogP contribution is -2.30. The van der Waals surface area contributed by atoms with Crippen LogP contribution in [0.25, 0.3) is 0 Å². The second-order valence-corrected chi connectivity index (χ2v) is 5.86. The van der Waals surface area contributed by atoms with Gasteiger partial charge in [-0.1, -0.05) is 42.5 Å². The van der Waals surface area contributed by atoms with Crippen LogP contribution in [0.15, 0.2) is 82.8 Å². The second-order valence-electron chi connectivity index (χ2n) is 5.86. The molecule has 8 heteroatoms. The lowest BCUT2D eigenvalue weighted by Gasteiger charge is -2.07. The van der Waals surface area contributed by atoms with Crippen molar-refractivity contribution in [2.24, 2.45) is 5.10 Å². The van der Waals surface area contributed by atoms with Gasteiger partial charge >= 0.3 is 0 Å². The minimum Gasteiger partial charge on any atom is -0.310 e. The number of carbonyl (C=O) groups excluding carboxylic acids is 1. The summed E-state index contributed by atoms with van der Waals surface area (Å²) in [5.74, 6) is -0.692. The van der Waals surface area contributed by atoms with Crippen molar-refractivity contribution in [2.45, 2.75) is 6.54 Å². The largest absolute Gasteiger partial charge is 0.310 e. The number of hydrazone groups is 1. The highest BCUT2D eigenvalue weighted by Gasteiger charge is 2.13. The van der Waals surface area contributed by atoms with Crippen molar-refractivity contribution in [1.29, 1.82) is 0 Å². The van der Waals surface area contributed by atoms with E-state index >= 15 is 0 Å². The number of nitro groups is 1. The van der Waals surface area contributed by atoms with Crippen LogP contribution in [0.1, 0.15) is 21.5 Å². The summed E-state index contributed by atoms with van der Waals surface area (Å²) in [7, 11) is 0. The van der Waals surface area contributed by atoms with Crippen LogP contribution in [0.2, 0.25) is 0 Å². The first-order chi connectivity index (χ1) is 13.6. The van der Waals surface area contributed by atoms with Crippen LogP contribution >= 0.6 is 0 Å². The molecule has 0 fully saturated rings. The van der Waals surface area contributed by atoms with Gasteiger partial charge < -0.3 is 4.57 Å². The van der Waals surface area contributed by atoms with Crippen LogP contribution in [0, 0.1) is 10.1 Å². The summed E-state index contributed by atoms with van der Waals surface area (Å²) >= 11 is 0. The summed E-state index contributed by atoms with van der Waals surface area (Å²) in [5, 5.41) is 14.7. The van der Waals surface area contributed by atoms with Gasteiger partial charge in [0.25, 0.3) is 17.2 Å². The van der Waals surface area contributed by atoms with E-state index in [1.165, 1.54) is 35.0 Å². The van der Waals surface area contributed by atoms with Gasteiger partial charge in [-0.2, -0.15) is 5.10 Å². The second kappa shape index (κ2) is 8.54. The highest BCUT2D eigenvalue weighted by atomic mass is 16.6. The highest BCUT2D eigenvalue weighted by molar-refractivity contribution is 5.94. The number of rotatable bonds is 6. The molecule has 1 heterocycles. The summed E-state index contributed by atoms with van der Waals surface area (Å²) in [6, 6.07) is 18.4. The van der Waals surface area contributed by atoms with Crippen LogP contribution in [-0.4, -0.2) is 21.6 Å². The molecule has 0 radical (unpaired) electrons. The van der Waals surface area contributed by atoms with Gasteiger partial charge in [0, 0.05) is 12.3 Å². The molecule has 0 aliphatic heterocycles. The topological polar surface area (TPSA) is 107 Å².